The average Bonchev–Trinajstić information content (AvgIpc) is 3.43. The highest BCUT2D eigenvalue weighted by Gasteiger charge is 2.57. The molecule has 1 saturated carbocycles. The van der Waals surface area contributed by atoms with E-state index in [4.69, 9.17) is 9.72 Å². The zero-order valence-corrected chi connectivity index (χ0v) is 28.4. The predicted octanol–water partition coefficient (Wildman–Crippen LogP) is 7.51. The van der Waals surface area contributed by atoms with Gasteiger partial charge in [-0.05, 0) is 66.3 Å². The van der Waals surface area contributed by atoms with Crippen LogP contribution in [-0.4, -0.2) is 52.2 Å². The fourth-order valence-electron chi connectivity index (χ4n) is 7.77. The number of imidazole rings is 1. The van der Waals surface area contributed by atoms with Crippen LogP contribution < -0.4 is 9.64 Å². The van der Waals surface area contributed by atoms with Crippen molar-refractivity contribution in [3.8, 4) is 5.75 Å². The third-order valence-corrected chi connectivity index (χ3v) is 10.1. The number of aromatic nitrogens is 2. The smallest absolute Gasteiger partial charge is 0.165 e. The minimum Gasteiger partial charge on any atom is -0.483 e. The van der Waals surface area contributed by atoms with Crippen LogP contribution in [0.3, 0.4) is 0 Å². The molecule has 7 nitrogen and oxygen atoms in total. The van der Waals surface area contributed by atoms with Gasteiger partial charge in [0.1, 0.15) is 5.75 Å². The van der Waals surface area contributed by atoms with Crippen LogP contribution >= 0.6 is 0 Å². The van der Waals surface area contributed by atoms with E-state index in [0.717, 1.165) is 39.4 Å². The second kappa shape index (κ2) is 12.7. The van der Waals surface area contributed by atoms with Gasteiger partial charge in [0.15, 0.2) is 29.0 Å². The number of hydrogen-bond acceptors (Lipinski definition) is 6. The standard InChI is InChI=1S/C41H44N4O3/c1-29-13-11-12-18-34(29)41(37(46)26-40(3,4)27-38(41)47)44-23-21-43(22-24-44)32-19-20-35-36(25-32)45(28-31-14-7-5-8-15-31)39(42-35)30(2)48-33-16-9-6-10-17-33/h5-20,25,30H,21-24,26-28H2,1-4H3. The molecule has 48 heavy (non-hydrogen) atoms. The molecule has 2 aliphatic rings. The summed E-state index contributed by atoms with van der Waals surface area (Å²) in [7, 11) is 0. The number of para-hydroxylation sites is 1. The summed E-state index contributed by atoms with van der Waals surface area (Å²) in [6, 6.07) is 34.7. The van der Waals surface area contributed by atoms with Crippen molar-refractivity contribution in [1.29, 1.82) is 0 Å². The summed E-state index contributed by atoms with van der Waals surface area (Å²) in [4.78, 5) is 37.9. The monoisotopic (exact) mass is 640 g/mol. The molecule has 0 amide bonds. The normalized spacial score (nSPS) is 18.6. The van der Waals surface area contributed by atoms with Crippen molar-refractivity contribution in [2.45, 2.75) is 58.7 Å². The Morgan fingerprint density at radius 2 is 1.42 bits per heavy atom. The topological polar surface area (TPSA) is 67.7 Å². The molecule has 4 aromatic carbocycles. The first-order valence-corrected chi connectivity index (χ1v) is 17.0. The Morgan fingerprint density at radius 1 is 0.792 bits per heavy atom. The maximum absolute atomic E-state index is 14.2. The first-order chi connectivity index (χ1) is 23.2. The molecule has 1 unspecified atom stereocenters. The van der Waals surface area contributed by atoms with Crippen LogP contribution in [0.1, 0.15) is 62.2 Å². The lowest BCUT2D eigenvalue weighted by Gasteiger charge is -2.50. The zero-order chi connectivity index (χ0) is 33.5. The summed E-state index contributed by atoms with van der Waals surface area (Å²) in [5.41, 5.74) is 4.54. The average molecular weight is 641 g/mol. The number of carbonyl (C=O) groups excluding carboxylic acids is 2. The Balaban J connectivity index is 1.20. The molecule has 0 N–H and O–H groups in total. The number of benzene rings is 4. The minimum atomic E-state index is -1.23. The number of Topliss-reactive ketones (excluding diaryl/α,β-unsaturated/α-hetero) is 2. The van der Waals surface area contributed by atoms with Crippen molar-refractivity contribution < 1.29 is 14.3 Å². The van der Waals surface area contributed by atoms with Gasteiger partial charge in [-0.2, -0.15) is 0 Å². The summed E-state index contributed by atoms with van der Waals surface area (Å²) in [5, 5.41) is 0. The summed E-state index contributed by atoms with van der Waals surface area (Å²) < 4.78 is 8.62. The molecule has 1 aliphatic heterocycles. The van der Waals surface area contributed by atoms with Gasteiger partial charge in [-0.15, -0.1) is 0 Å². The fourth-order valence-corrected chi connectivity index (χ4v) is 7.77. The third kappa shape index (κ3) is 5.81. The van der Waals surface area contributed by atoms with Crippen LogP contribution in [0, 0.1) is 12.3 Å². The van der Waals surface area contributed by atoms with Crippen LogP contribution in [0.25, 0.3) is 11.0 Å². The van der Waals surface area contributed by atoms with Gasteiger partial charge in [0.05, 0.1) is 11.0 Å². The highest BCUT2D eigenvalue weighted by Crippen LogP contribution is 2.45. The Kier molecular flexibility index (Phi) is 8.42. The van der Waals surface area contributed by atoms with E-state index in [1.165, 1.54) is 5.56 Å². The van der Waals surface area contributed by atoms with Crippen LogP contribution in [0.15, 0.2) is 103 Å². The quantitative estimate of drug-likeness (QED) is 0.164. The largest absolute Gasteiger partial charge is 0.483 e. The number of ketones is 2. The Labute approximate surface area is 283 Å². The van der Waals surface area contributed by atoms with Gasteiger partial charge >= 0.3 is 0 Å². The summed E-state index contributed by atoms with van der Waals surface area (Å²) in [5.74, 6) is 1.73. The Hall–Kier alpha value is -4.75. The second-order valence-electron chi connectivity index (χ2n) is 14.2. The molecule has 2 heterocycles. The number of piperazine rings is 1. The van der Waals surface area contributed by atoms with Crippen molar-refractivity contribution in [1.82, 2.24) is 14.5 Å². The fraction of sp³-hybridized carbons (Fsp3) is 0.341. The maximum atomic E-state index is 14.2. The summed E-state index contributed by atoms with van der Waals surface area (Å²) in [6.45, 7) is 11.4. The first-order valence-electron chi connectivity index (χ1n) is 17.0. The molecule has 0 radical (unpaired) electrons. The molecule has 7 rings (SSSR count). The molecule has 1 aliphatic carbocycles. The lowest BCUT2D eigenvalue weighted by molar-refractivity contribution is -0.153. The molecule has 246 valence electrons. The van der Waals surface area contributed by atoms with Crippen molar-refractivity contribution in [3.05, 3.63) is 126 Å². The predicted molar refractivity (Wildman–Crippen MR) is 190 cm³/mol. The van der Waals surface area contributed by atoms with Crippen LogP contribution in [0.5, 0.6) is 5.75 Å². The van der Waals surface area contributed by atoms with E-state index >= 15 is 0 Å². The molecule has 5 aromatic rings. The second-order valence-corrected chi connectivity index (χ2v) is 14.2. The summed E-state index contributed by atoms with van der Waals surface area (Å²) in [6.07, 6.45) is 0.525. The zero-order valence-electron chi connectivity index (χ0n) is 28.4. The van der Waals surface area contributed by atoms with E-state index in [-0.39, 0.29) is 23.1 Å². The van der Waals surface area contributed by atoms with E-state index in [1.807, 2.05) is 81.4 Å². The number of nitrogens with zero attached hydrogens (tertiary/aromatic N) is 4. The highest BCUT2D eigenvalue weighted by atomic mass is 16.5. The number of hydrogen-bond donors (Lipinski definition) is 0. The van der Waals surface area contributed by atoms with Gasteiger partial charge in [0.25, 0.3) is 0 Å². The van der Waals surface area contributed by atoms with Crippen molar-refractivity contribution in [2.75, 3.05) is 31.1 Å². The Morgan fingerprint density at radius 3 is 2.08 bits per heavy atom. The molecule has 1 saturated heterocycles. The molecule has 7 heteroatoms. The number of aryl methyl sites for hydroxylation is 1. The van der Waals surface area contributed by atoms with E-state index in [2.05, 4.69) is 63.8 Å². The van der Waals surface area contributed by atoms with Crippen LogP contribution in [0.2, 0.25) is 0 Å². The number of anilines is 1. The lowest BCUT2D eigenvalue weighted by Crippen LogP contribution is -2.65. The van der Waals surface area contributed by atoms with E-state index in [9.17, 15) is 9.59 Å². The lowest BCUT2D eigenvalue weighted by atomic mass is 9.63. The van der Waals surface area contributed by atoms with E-state index < -0.39 is 5.54 Å². The van der Waals surface area contributed by atoms with E-state index in [0.29, 0.717) is 45.6 Å². The van der Waals surface area contributed by atoms with Crippen LogP contribution in [-0.2, 0) is 21.7 Å². The molecular weight excluding hydrogens is 596 g/mol. The van der Waals surface area contributed by atoms with Crippen LogP contribution in [0.4, 0.5) is 5.69 Å². The van der Waals surface area contributed by atoms with Gasteiger partial charge in [0, 0.05) is 51.3 Å². The third-order valence-electron chi connectivity index (χ3n) is 10.1. The number of fused-ring (bicyclic) bond motifs is 1. The van der Waals surface area contributed by atoms with Gasteiger partial charge < -0.3 is 14.2 Å². The minimum absolute atomic E-state index is 0.0251. The molecule has 1 aromatic heterocycles. The van der Waals surface area contributed by atoms with E-state index in [1.54, 1.807) is 0 Å². The highest BCUT2D eigenvalue weighted by molar-refractivity contribution is 6.14. The maximum Gasteiger partial charge on any atom is 0.165 e. The molecule has 0 spiro atoms. The number of ether oxygens (including phenoxy) is 1. The van der Waals surface area contributed by atoms with Crippen molar-refractivity contribution in [2.24, 2.45) is 5.41 Å². The SMILES string of the molecule is Cc1ccccc1C1(N2CCN(c3ccc4nc(C(C)Oc5ccccc5)n(Cc5ccccc5)c4c3)CC2)C(=O)CC(C)(C)CC1=O. The van der Waals surface area contributed by atoms with Gasteiger partial charge in [-0.1, -0.05) is 86.6 Å². The van der Waals surface area contributed by atoms with Gasteiger partial charge in [0.2, 0.25) is 0 Å². The summed E-state index contributed by atoms with van der Waals surface area (Å²) >= 11 is 0. The first kappa shape index (κ1) is 31.8. The van der Waals surface area contributed by atoms with Crippen molar-refractivity contribution in [3.63, 3.8) is 0 Å². The van der Waals surface area contributed by atoms with Gasteiger partial charge in [-0.25, -0.2) is 4.98 Å². The van der Waals surface area contributed by atoms with Gasteiger partial charge in [-0.3, -0.25) is 14.5 Å². The molecule has 1 atom stereocenters. The number of carbonyl (C=O) groups is 2. The molecular formula is C41H44N4O3. The number of rotatable bonds is 8. The molecule has 0 bridgehead atoms. The van der Waals surface area contributed by atoms with Crippen molar-refractivity contribution >= 4 is 28.3 Å². The molecule has 2 fully saturated rings. The Bertz CT molecular complexity index is 1920.